The molecule has 1 N–H and O–H groups in total. The van der Waals surface area contributed by atoms with Crippen molar-refractivity contribution in [2.24, 2.45) is 0 Å². The van der Waals surface area contributed by atoms with Crippen molar-refractivity contribution in [3.05, 3.63) is 24.3 Å². The Hall–Kier alpha value is -3.04. The van der Waals surface area contributed by atoms with Crippen molar-refractivity contribution in [2.75, 3.05) is 32.2 Å². The summed E-state index contributed by atoms with van der Waals surface area (Å²) in [6.07, 6.45) is 6.02. The minimum Gasteiger partial charge on any atom is -0.467 e. The molecule has 0 aliphatic carbocycles. The molecule has 0 saturated carbocycles. The molecule has 1 aliphatic rings. The van der Waals surface area contributed by atoms with E-state index in [-0.39, 0.29) is 24.0 Å². The zero-order chi connectivity index (χ0) is 17.6. The second kappa shape index (κ2) is 7.69. The van der Waals surface area contributed by atoms with Gasteiger partial charge in [-0.3, -0.25) is 9.78 Å². The number of ether oxygens (including phenoxy) is 2. The van der Waals surface area contributed by atoms with Crippen molar-refractivity contribution in [1.29, 1.82) is 0 Å². The normalized spacial score (nSPS) is 14.9. The summed E-state index contributed by atoms with van der Waals surface area (Å²) in [5, 5.41) is 2.98. The second-order valence-electron chi connectivity index (χ2n) is 5.43. The predicted molar refractivity (Wildman–Crippen MR) is 87.7 cm³/mol. The monoisotopic (exact) mass is 345 g/mol. The Kier molecular flexibility index (Phi) is 5.17. The molecule has 1 saturated heterocycles. The van der Waals surface area contributed by atoms with Crippen LogP contribution in [-0.4, -0.2) is 64.2 Å². The molecule has 3 heterocycles. The number of rotatable bonds is 5. The topological polar surface area (TPSA) is 115 Å². The molecule has 0 atom stereocenters. The van der Waals surface area contributed by atoms with E-state index < -0.39 is 0 Å². The van der Waals surface area contributed by atoms with Crippen molar-refractivity contribution in [2.45, 2.75) is 18.9 Å². The van der Waals surface area contributed by atoms with Gasteiger partial charge in [-0.15, -0.1) is 4.98 Å². The Morgan fingerprint density at radius 3 is 2.36 bits per heavy atom. The van der Waals surface area contributed by atoms with Gasteiger partial charge in [0, 0.05) is 31.5 Å². The minimum absolute atomic E-state index is 0.0661. The number of methoxy groups -OCH3 is 2. The number of piperidine rings is 1. The largest absolute Gasteiger partial charge is 0.467 e. The fraction of sp³-hybridized carbons (Fsp3) is 0.467. The molecule has 1 fully saturated rings. The van der Waals surface area contributed by atoms with Gasteiger partial charge in [-0.05, 0) is 12.8 Å². The number of nitrogens with zero attached hydrogens (tertiary/aromatic N) is 6. The van der Waals surface area contributed by atoms with Crippen molar-refractivity contribution >= 4 is 11.9 Å². The molecule has 3 rings (SSSR count). The fourth-order valence-corrected chi connectivity index (χ4v) is 2.55. The molecular weight excluding hydrogens is 326 g/mol. The summed E-state index contributed by atoms with van der Waals surface area (Å²) in [7, 11) is 2.99. The summed E-state index contributed by atoms with van der Waals surface area (Å²) < 4.78 is 10.1. The molecule has 132 valence electrons. The van der Waals surface area contributed by atoms with Gasteiger partial charge in [0.1, 0.15) is 5.69 Å². The lowest BCUT2D eigenvalue weighted by Gasteiger charge is -2.32. The van der Waals surface area contributed by atoms with Gasteiger partial charge >= 0.3 is 12.0 Å². The maximum atomic E-state index is 12.1. The molecule has 10 heteroatoms. The van der Waals surface area contributed by atoms with Crippen molar-refractivity contribution < 1.29 is 14.3 Å². The van der Waals surface area contributed by atoms with Crippen LogP contribution in [0.1, 0.15) is 23.3 Å². The number of aromatic nitrogens is 5. The van der Waals surface area contributed by atoms with Crippen LogP contribution in [0.25, 0.3) is 0 Å². The molecule has 25 heavy (non-hydrogen) atoms. The highest BCUT2D eigenvalue weighted by Crippen LogP contribution is 2.20. The molecule has 1 aliphatic heterocycles. The Morgan fingerprint density at radius 1 is 1.12 bits per heavy atom. The average molecular weight is 345 g/mol. The highest BCUT2D eigenvalue weighted by atomic mass is 16.5. The van der Waals surface area contributed by atoms with Crippen molar-refractivity contribution in [3.63, 3.8) is 0 Å². The van der Waals surface area contributed by atoms with Crippen molar-refractivity contribution in [3.8, 4) is 12.0 Å². The number of carbonyl (C=O) groups excluding carboxylic acids is 1. The molecular formula is C15H19N7O3. The van der Waals surface area contributed by atoms with Crippen LogP contribution in [0.2, 0.25) is 0 Å². The number of hydrogen-bond acceptors (Lipinski definition) is 9. The van der Waals surface area contributed by atoms with Crippen LogP contribution in [0.3, 0.4) is 0 Å². The van der Waals surface area contributed by atoms with Crippen LogP contribution in [-0.2, 0) is 0 Å². The quantitative estimate of drug-likeness (QED) is 0.804. The molecule has 0 bridgehead atoms. The first-order chi connectivity index (χ1) is 12.2. The zero-order valence-corrected chi connectivity index (χ0v) is 14.0. The Labute approximate surface area is 144 Å². The lowest BCUT2D eigenvalue weighted by atomic mass is 10.1. The summed E-state index contributed by atoms with van der Waals surface area (Å²) in [6.45, 7) is 1.39. The molecule has 1 amide bonds. The standard InChI is InChI=1S/C15H19N7O3/c1-24-14-19-13(20-15(21-14)25-2)22-7-3-10(4-8-22)18-12(23)11-9-16-5-6-17-11/h5-6,9-10H,3-4,7-8H2,1-2H3,(H,18,23). The van der Waals surface area contributed by atoms with Crippen LogP contribution >= 0.6 is 0 Å². The van der Waals surface area contributed by atoms with E-state index in [9.17, 15) is 4.79 Å². The summed E-state index contributed by atoms with van der Waals surface area (Å²) in [5.74, 6) is 0.289. The minimum atomic E-state index is -0.213. The Bertz CT molecular complexity index is 698. The van der Waals surface area contributed by atoms with Gasteiger partial charge in [-0.25, -0.2) is 4.98 Å². The van der Waals surface area contributed by atoms with E-state index in [2.05, 4.69) is 30.2 Å². The zero-order valence-electron chi connectivity index (χ0n) is 14.0. The van der Waals surface area contributed by atoms with E-state index in [4.69, 9.17) is 9.47 Å². The highest BCUT2D eigenvalue weighted by molar-refractivity contribution is 5.92. The van der Waals surface area contributed by atoms with Crippen LogP contribution in [0.4, 0.5) is 5.95 Å². The number of nitrogens with one attached hydrogen (secondary N) is 1. The maximum absolute atomic E-state index is 12.1. The molecule has 0 unspecified atom stereocenters. The second-order valence-corrected chi connectivity index (χ2v) is 5.43. The third kappa shape index (κ3) is 4.08. The van der Waals surface area contributed by atoms with E-state index >= 15 is 0 Å². The number of carbonyl (C=O) groups is 1. The first kappa shape index (κ1) is 16.8. The first-order valence-corrected chi connectivity index (χ1v) is 7.85. The third-order valence-electron chi connectivity index (χ3n) is 3.86. The summed E-state index contributed by atoms with van der Waals surface area (Å²) in [5.41, 5.74) is 0.317. The van der Waals surface area contributed by atoms with Gasteiger partial charge < -0.3 is 19.7 Å². The first-order valence-electron chi connectivity index (χ1n) is 7.85. The smallest absolute Gasteiger partial charge is 0.324 e. The molecule has 2 aromatic heterocycles. The summed E-state index contributed by atoms with van der Waals surface area (Å²) >= 11 is 0. The van der Waals surface area contributed by atoms with Gasteiger partial charge in [-0.2, -0.15) is 9.97 Å². The molecule has 10 nitrogen and oxygen atoms in total. The van der Waals surface area contributed by atoms with Crippen LogP contribution in [0.5, 0.6) is 12.0 Å². The highest BCUT2D eigenvalue weighted by Gasteiger charge is 2.24. The summed E-state index contributed by atoms with van der Waals surface area (Å²) in [4.78, 5) is 34.6. The van der Waals surface area contributed by atoms with E-state index in [1.807, 2.05) is 4.90 Å². The van der Waals surface area contributed by atoms with Crippen LogP contribution in [0.15, 0.2) is 18.6 Å². The fourth-order valence-electron chi connectivity index (χ4n) is 2.55. The maximum Gasteiger partial charge on any atom is 0.324 e. The van der Waals surface area contributed by atoms with E-state index in [1.165, 1.54) is 32.8 Å². The SMILES string of the molecule is COc1nc(OC)nc(N2CCC(NC(=O)c3cnccn3)CC2)n1. The van der Waals surface area contributed by atoms with Crippen LogP contribution in [0, 0.1) is 0 Å². The number of anilines is 1. The van der Waals surface area contributed by atoms with Gasteiger partial charge in [0.25, 0.3) is 5.91 Å². The van der Waals surface area contributed by atoms with Gasteiger partial charge in [-0.1, -0.05) is 0 Å². The molecule has 0 aromatic carbocycles. The van der Waals surface area contributed by atoms with E-state index in [0.717, 1.165) is 12.8 Å². The van der Waals surface area contributed by atoms with E-state index in [0.29, 0.717) is 24.7 Å². The Balaban J connectivity index is 1.59. The van der Waals surface area contributed by atoms with Crippen LogP contribution < -0.4 is 19.7 Å². The predicted octanol–water partition coefficient (Wildman–Crippen LogP) is 0.0776. The molecule has 2 aromatic rings. The Morgan fingerprint density at radius 2 is 1.80 bits per heavy atom. The molecule has 0 radical (unpaired) electrons. The lowest BCUT2D eigenvalue weighted by molar-refractivity contribution is 0.0925. The van der Waals surface area contributed by atoms with Crippen molar-refractivity contribution in [1.82, 2.24) is 30.2 Å². The van der Waals surface area contributed by atoms with Gasteiger partial charge in [0.15, 0.2) is 0 Å². The molecule has 0 spiro atoms. The number of amides is 1. The van der Waals surface area contributed by atoms with Gasteiger partial charge in [0.2, 0.25) is 5.95 Å². The van der Waals surface area contributed by atoms with Gasteiger partial charge in [0.05, 0.1) is 20.4 Å². The average Bonchev–Trinajstić information content (AvgIpc) is 2.68. The summed E-state index contributed by atoms with van der Waals surface area (Å²) in [6, 6.07) is 0.483. The van der Waals surface area contributed by atoms with E-state index in [1.54, 1.807) is 0 Å². The lowest BCUT2D eigenvalue weighted by Crippen LogP contribution is -2.45. The third-order valence-corrected chi connectivity index (χ3v) is 3.86. The number of hydrogen-bond donors (Lipinski definition) is 1.